The number of aryl methyl sites for hydroxylation is 3. The fourth-order valence-electron chi connectivity index (χ4n) is 3.94. The maximum Gasteiger partial charge on any atom is 0.264 e. The molecule has 0 bridgehead atoms. The molecule has 0 aromatic heterocycles. The van der Waals surface area contributed by atoms with Gasteiger partial charge in [-0.2, -0.15) is 0 Å². The zero-order valence-corrected chi connectivity index (χ0v) is 18.9. The van der Waals surface area contributed by atoms with E-state index < -0.39 is 10.0 Å². The molecule has 160 valence electrons. The lowest BCUT2D eigenvalue weighted by Crippen LogP contribution is -2.35. The Bertz CT molecular complexity index is 1230. The van der Waals surface area contributed by atoms with Crippen LogP contribution in [0.4, 0.5) is 11.4 Å². The zero-order valence-electron chi connectivity index (χ0n) is 17.4. The topological polar surface area (TPSA) is 66.5 Å². The summed E-state index contributed by atoms with van der Waals surface area (Å²) >= 11 is 5.90. The zero-order chi connectivity index (χ0) is 22.2. The largest absolute Gasteiger partial charge is 0.322 e. The predicted molar refractivity (Wildman–Crippen MR) is 125 cm³/mol. The summed E-state index contributed by atoms with van der Waals surface area (Å²) in [6.07, 6.45) is 1.40. The standard InChI is InChI=1S/C24H23ClN2O3S/c1-16-12-17(2)14-21(13-16)26-24(28)19-5-10-23-18(15-19)4-3-11-27(23)31(29,30)22-8-6-20(25)7-9-22/h5-10,12-15H,3-4,11H2,1-2H3,(H,26,28). The van der Waals surface area contributed by atoms with Crippen molar-refractivity contribution in [2.24, 2.45) is 0 Å². The molecule has 7 heteroatoms. The molecule has 0 saturated heterocycles. The second-order valence-corrected chi connectivity index (χ2v) is 10.1. The van der Waals surface area contributed by atoms with Gasteiger partial charge in [-0.25, -0.2) is 8.42 Å². The Kier molecular flexibility index (Phi) is 5.77. The number of benzene rings is 3. The maximum absolute atomic E-state index is 13.2. The van der Waals surface area contributed by atoms with Gasteiger partial charge < -0.3 is 5.32 Å². The second-order valence-electron chi connectivity index (χ2n) is 7.81. The van der Waals surface area contributed by atoms with Crippen molar-refractivity contribution in [1.29, 1.82) is 0 Å². The van der Waals surface area contributed by atoms with E-state index in [4.69, 9.17) is 11.6 Å². The first kappa shape index (κ1) is 21.4. The van der Waals surface area contributed by atoms with Gasteiger partial charge in [0.25, 0.3) is 15.9 Å². The van der Waals surface area contributed by atoms with E-state index in [1.807, 2.05) is 32.0 Å². The molecule has 0 radical (unpaired) electrons. The van der Waals surface area contributed by atoms with E-state index in [9.17, 15) is 13.2 Å². The molecule has 1 aliphatic heterocycles. The third-order valence-corrected chi connectivity index (χ3v) is 7.38. The van der Waals surface area contributed by atoms with E-state index in [-0.39, 0.29) is 10.8 Å². The first-order chi connectivity index (χ1) is 14.7. The fraction of sp³-hybridized carbons (Fsp3) is 0.208. The van der Waals surface area contributed by atoms with E-state index in [0.29, 0.717) is 35.7 Å². The minimum absolute atomic E-state index is 0.196. The van der Waals surface area contributed by atoms with Crippen molar-refractivity contribution < 1.29 is 13.2 Å². The molecule has 0 unspecified atom stereocenters. The van der Waals surface area contributed by atoms with Crippen molar-refractivity contribution in [2.75, 3.05) is 16.2 Å². The molecule has 4 rings (SSSR count). The van der Waals surface area contributed by atoms with E-state index in [1.54, 1.807) is 30.3 Å². The van der Waals surface area contributed by atoms with Crippen LogP contribution in [0.3, 0.4) is 0 Å². The number of carbonyl (C=O) groups excluding carboxylic acids is 1. The van der Waals surface area contributed by atoms with Crippen molar-refractivity contribution in [1.82, 2.24) is 0 Å². The van der Waals surface area contributed by atoms with Crippen LogP contribution in [0.1, 0.15) is 33.5 Å². The predicted octanol–water partition coefficient (Wildman–Crippen LogP) is 5.35. The molecule has 0 spiro atoms. The molecule has 1 heterocycles. The van der Waals surface area contributed by atoms with Crippen molar-refractivity contribution in [2.45, 2.75) is 31.6 Å². The summed E-state index contributed by atoms with van der Waals surface area (Å²) in [6.45, 7) is 4.36. The van der Waals surface area contributed by atoms with Crippen LogP contribution in [0.2, 0.25) is 5.02 Å². The van der Waals surface area contributed by atoms with Gasteiger partial charge in [-0.3, -0.25) is 9.10 Å². The first-order valence-corrected chi connectivity index (χ1v) is 11.9. The molecule has 0 saturated carbocycles. The Morgan fingerprint density at radius 3 is 2.32 bits per heavy atom. The summed E-state index contributed by atoms with van der Waals surface area (Å²) in [5.41, 5.74) is 4.85. The SMILES string of the molecule is Cc1cc(C)cc(NC(=O)c2ccc3c(c2)CCCN3S(=O)(=O)c2ccc(Cl)cc2)c1. The molecule has 0 aliphatic carbocycles. The number of halogens is 1. The summed E-state index contributed by atoms with van der Waals surface area (Å²) < 4.78 is 27.8. The lowest BCUT2D eigenvalue weighted by molar-refractivity contribution is 0.102. The number of rotatable bonds is 4. The van der Waals surface area contributed by atoms with Crippen molar-refractivity contribution in [3.63, 3.8) is 0 Å². The van der Waals surface area contributed by atoms with Crippen LogP contribution < -0.4 is 9.62 Å². The highest BCUT2D eigenvalue weighted by Gasteiger charge is 2.29. The second kappa shape index (κ2) is 8.36. The Labute approximate surface area is 187 Å². The number of sulfonamides is 1. The van der Waals surface area contributed by atoms with E-state index in [1.165, 1.54) is 16.4 Å². The number of hydrogen-bond donors (Lipinski definition) is 1. The van der Waals surface area contributed by atoms with Gasteiger partial charge in [0.2, 0.25) is 0 Å². The lowest BCUT2D eigenvalue weighted by Gasteiger charge is -2.30. The monoisotopic (exact) mass is 454 g/mol. The Morgan fingerprint density at radius 1 is 0.968 bits per heavy atom. The van der Waals surface area contributed by atoms with Gasteiger partial charge in [0.05, 0.1) is 10.6 Å². The minimum atomic E-state index is -3.71. The average molecular weight is 455 g/mol. The number of carbonyl (C=O) groups is 1. The molecular formula is C24H23ClN2O3S. The quantitative estimate of drug-likeness (QED) is 0.577. The van der Waals surface area contributed by atoms with E-state index in [0.717, 1.165) is 22.4 Å². The van der Waals surface area contributed by atoms with Crippen LogP contribution in [-0.4, -0.2) is 20.9 Å². The average Bonchev–Trinajstić information content (AvgIpc) is 2.72. The molecule has 1 amide bonds. The summed E-state index contributed by atoms with van der Waals surface area (Å²) in [5.74, 6) is -0.217. The van der Waals surface area contributed by atoms with E-state index in [2.05, 4.69) is 5.32 Å². The molecule has 3 aromatic carbocycles. The number of amides is 1. The van der Waals surface area contributed by atoms with Gasteiger partial charge in [-0.15, -0.1) is 0 Å². The van der Waals surface area contributed by atoms with Gasteiger partial charge in [0.1, 0.15) is 0 Å². The summed E-state index contributed by atoms with van der Waals surface area (Å²) in [4.78, 5) is 13.0. The van der Waals surface area contributed by atoms with Crippen molar-refractivity contribution >= 4 is 38.9 Å². The summed E-state index contributed by atoms with van der Waals surface area (Å²) in [5, 5.41) is 3.42. The minimum Gasteiger partial charge on any atom is -0.322 e. The van der Waals surface area contributed by atoms with Gasteiger partial charge >= 0.3 is 0 Å². The number of nitrogens with zero attached hydrogens (tertiary/aromatic N) is 1. The maximum atomic E-state index is 13.2. The van der Waals surface area contributed by atoms with Crippen molar-refractivity contribution in [3.05, 3.63) is 87.9 Å². The highest BCUT2D eigenvalue weighted by Crippen LogP contribution is 2.33. The number of nitrogens with one attached hydrogen (secondary N) is 1. The van der Waals surface area contributed by atoms with E-state index >= 15 is 0 Å². The molecule has 0 fully saturated rings. The summed E-state index contributed by atoms with van der Waals surface area (Å²) in [7, 11) is -3.71. The van der Waals surface area contributed by atoms with Crippen LogP contribution in [0.5, 0.6) is 0 Å². The molecule has 3 aromatic rings. The third-order valence-electron chi connectivity index (χ3n) is 5.30. The molecule has 0 atom stereocenters. The molecular weight excluding hydrogens is 432 g/mol. The number of hydrogen-bond acceptors (Lipinski definition) is 3. The highest BCUT2D eigenvalue weighted by molar-refractivity contribution is 7.92. The highest BCUT2D eigenvalue weighted by atomic mass is 35.5. The molecule has 1 aliphatic rings. The number of fused-ring (bicyclic) bond motifs is 1. The Balaban J connectivity index is 1.62. The summed E-state index contributed by atoms with van der Waals surface area (Å²) in [6, 6.07) is 17.2. The number of anilines is 2. The Morgan fingerprint density at radius 2 is 1.65 bits per heavy atom. The van der Waals surface area contributed by atoms with Gasteiger partial charge in [-0.05, 0) is 98.0 Å². The third kappa shape index (κ3) is 4.45. The van der Waals surface area contributed by atoms with Gasteiger partial charge in [-0.1, -0.05) is 17.7 Å². The van der Waals surface area contributed by atoms with Crippen LogP contribution in [0.25, 0.3) is 0 Å². The van der Waals surface area contributed by atoms with Crippen molar-refractivity contribution in [3.8, 4) is 0 Å². The molecule has 31 heavy (non-hydrogen) atoms. The lowest BCUT2D eigenvalue weighted by atomic mass is 10.0. The van der Waals surface area contributed by atoms with Crippen LogP contribution in [-0.2, 0) is 16.4 Å². The Hall–Kier alpha value is -2.83. The normalized spacial score (nSPS) is 13.6. The smallest absolute Gasteiger partial charge is 0.264 e. The van der Waals surface area contributed by atoms with Crippen LogP contribution >= 0.6 is 11.6 Å². The van der Waals surface area contributed by atoms with Crippen LogP contribution in [0, 0.1) is 13.8 Å². The first-order valence-electron chi connectivity index (χ1n) is 10.0. The van der Waals surface area contributed by atoms with Crippen LogP contribution in [0.15, 0.2) is 65.6 Å². The van der Waals surface area contributed by atoms with Gasteiger partial charge in [0, 0.05) is 22.8 Å². The molecule has 5 nitrogen and oxygen atoms in total. The fourth-order valence-corrected chi connectivity index (χ4v) is 5.60. The van der Waals surface area contributed by atoms with Gasteiger partial charge in [0.15, 0.2) is 0 Å². The molecule has 1 N–H and O–H groups in total.